The summed E-state index contributed by atoms with van der Waals surface area (Å²) in [6, 6.07) is 0. The maximum Gasteiger partial charge on any atom is 0.252 e. The van der Waals surface area contributed by atoms with Gasteiger partial charge < -0.3 is 9.05 Å². The Hall–Kier alpha value is -3.32. The van der Waals surface area contributed by atoms with Crippen molar-refractivity contribution in [3.05, 3.63) is 89.3 Å². The molecule has 0 fully saturated rings. The monoisotopic (exact) mass is 672 g/mol. The van der Waals surface area contributed by atoms with E-state index in [9.17, 15) is 8.42 Å². The zero-order valence-corrected chi connectivity index (χ0v) is 31.2. The molecule has 12 heteroatoms. The number of benzene rings is 2. The summed E-state index contributed by atoms with van der Waals surface area (Å²) in [4.78, 5) is 0. The maximum atomic E-state index is 12.3. The Morgan fingerprint density at radius 2 is 0.891 bits per heavy atom. The Kier molecular flexibility index (Phi) is 12.5. The van der Waals surface area contributed by atoms with E-state index in [0.717, 1.165) is 27.9 Å². The average Bonchev–Trinajstić information content (AvgIpc) is 3.53. The normalized spacial score (nSPS) is 12.5. The summed E-state index contributed by atoms with van der Waals surface area (Å²) < 4.78 is 45.2. The van der Waals surface area contributed by atoms with Crippen molar-refractivity contribution in [3.63, 3.8) is 0 Å². The van der Waals surface area contributed by atoms with Gasteiger partial charge in [0.2, 0.25) is 0 Å². The molecule has 4 rings (SSSR count). The fourth-order valence-electron chi connectivity index (χ4n) is 5.08. The largest absolute Gasteiger partial charge is 0.359 e. The molecule has 2 N–H and O–H groups in total. The highest BCUT2D eigenvalue weighted by Gasteiger charge is 2.18. The average molecular weight is 673 g/mol. The molecule has 10 nitrogen and oxygen atoms in total. The lowest BCUT2D eigenvalue weighted by atomic mass is 9.90. The van der Waals surface area contributed by atoms with Crippen LogP contribution in [0.1, 0.15) is 89.3 Å². The third kappa shape index (κ3) is 8.14. The van der Waals surface area contributed by atoms with Crippen LogP contribution >= 0.6 is 0 Å². The number of aryl methyl sites for hydroxylation is 2. The van der Waals surface area contributed by atoms with Gasteiger partial charge in [0.15, 0.2) is 28.0 Å². The van der Waals surface area contributed by atoms with E-state index in [1.54, 1.807) is 0 Å². The van der Waals surface area contributed by atoms with Crippen molar-refractivity contribution in [2.24, 2.45) is 0 Å². The molecule has 0 saturated carbocycles. The van der Waals surface area contributed by atoms with E-state index >= 15 is 0 Å². The van der Waals surface area contributed by atoms with Crippen LogP contribution in [0.25, 0.3) is 0 Å². The predicted octanol–water partition coefficient (Wildman–Crippen LogP) is 8.08. The number of aromatic nitrogens is 2. The standard InChI is InChI=1S/2C17H24N2O3S/c1-9-10(2)12(4)16(13(5)11(9)3)8-23(20)22-19-17-14(6)15(7)21-18-17;1-9-10(2)12(4)16(13(5)11(9)3)8-23(20)22-19-17-14(6)15(7)18-21-17/h8H2,1-7H3,(H,18,19);19H,8H2,1-7H3. The predicted molar refractivity (Wildman–Crippen MR) is 185 cm³/mol. The van der Waals surface area contributed by atoms with Gasteiger partial charge in [0.05, 0.1) is 17.2 Å². The van der Waals surface area contributed by atoms with Crippen molar-refractivity contribution in [2.45, 2.75) is 108 Å². The van der Waals surface area contributed by atoms with Crippen LogP contribution in [0.3, 0.4) is 0 Å². The fraction of sp³-hybridized carbons (Fsp3) is 0.471. The number of rotatable bonds is 10. The number of hydrogen-bond acceptors (Lipinski definition) is 10. The van der Waals surface area contributed by atoms with Crippen LogP contribution in [0.5, 0.6) is 0 Å². The van der Waals surface area contributed by atoms with Gasteiger partial charge in [-0.15, -0.1) is 0 Å². The fourth-order valence-corrected chi connectivity index (χ4v) is 6.87. The summed E-state index contributed by atoms with van der Waals surface area (Å²) in [6.07, 6.45) is 0. The van der Waals surface area contributed by atoms with E-state index in [2.05, 4.69) is 90.5 Å². The summed E-state index contributed by atoms with van der Waals surface area (Å²) in [5, 5.41) is 7.65. The van der Waals surface area contributed by atoms with Crippen molar-refractivity contribution in [1.29, 1.82) is 0 Å². The zero-order chi connectivity index (χ0) is 34.6. The zero-order valence-electron chi connectivity index (χ0n) is 29.6. The first-order chi connectivity index (χ1) is 21.5. The molecule has 2 aromatic heterocycles. The van der Waals surface area contributed by atoms with Crippen molar-refractivity contribution in [2.75, 3.05) is 11.0 Å². The lowest BCUT2D eigenvalue weighted by Gasteiger charge is -2.18. The Balaban J connectivity index is 0.000000250. The van der Waals surface area contributed by atoms with E-state index < -0.39 is 22.2 Å². The maximum absolute atomic E-state index is 12.3. The van der Waals surface area contributed by atoms with Gasteiger partial charge >= 0.3 is 0 Å². The van der Waals surface area contributed by atoms with E-state index in [4.69, 9.17) is 17.6 Å². The van der Waals surface area contributed by atoms with Crippen LogP contribution in [0.15, 0.2) is 9.05 Å². The molecule has 252 valence electrons. The van der Waals surface area contributed by atoms with Gasteiger partial charge in [-0.05, 0) is 164 Å². The lowest BCUT2D eigenvalue weighted by molar-refractivity contribution is 0.366. The molecule has 0 aliphatic heterocycles. The van der Waals surface area contributed by atoms with Gasteiger partial charge in [0, 0.05) is 11.1 Å². The molecule has 0 radical (unpaired) electrons. The molecule has 0 spiro atoms. The number of anilines is 2. The van der Waals surface area contributed by atoms with Crippen molar-refractivity contribution >= 4 is 33.9 Å². The van der Waals surface area contributed by atoms with E-state index in [1.807, 2.05) is 27.7 Å². The number of nitrogens with zero attached hydrogens (tertiary/aromatic N) is 2. The molecule has 0 aliphatic carbocycles. The second-order valence-electron chi connectivity index (χ2n) is 11.9. The van der Waals surface area contributed by atoms with Crippen LogP contribution < -0.4 is 11.0 Å². The van der Waals surface area contributed by atoms with E-state index in [0.29, 0.717) is 29.0 Å². The molecule has 2 atom stereocenters. The second kappa shape index (κ2) is 15.5. The Morgan fingerprint density at radius 1 is 0.500 bits per heavy atom. The molecule has 2 aromatic carbocycles. The summed E-state index contributed by atoms with van der Waals surface area (Å²) in [6.45, 7) is 28.3. The van der Waals surface area contributed by atoms with E-state index in [1.165, 1.54) is 55.6 Å². The summed E-state index contributed by atoms with van der Waals surface area (Å²) >= 11 is -3.02. The van der Waals surface area contributed by atoms with Crippen molar-refractivity contribution in [3.8, 4) is 0 Å². The third-order valence-electron chi connectivity index (χ3n) is 9.61. The highest BCUT2D eigenvalue weighted by atomic mass is 32.2. The molecular formula is C34H48N4O6S2. The van der Waals surface area contributed by atoms with Gasteiger partial charge in [-0.25, -0.2) is 19.4 Å². The third-order valence-corrected chi connectivity index (χ3v) is 11.2. The molecule has 0 amide bonds. The number of hydrogen-bond donors (Lipinski definition) is 2. The summed E-state index contributed by atoms with van der Waals surface area (Å²) in [5.74, 6) is 2.22. The Bertz CT molecular complexity index is 1600. The van der Waals surface area contributed by atoms with Crippen molar-refractivity contribution in [1.82, 2.24) is 10.3 Å². The molecule has 0 bridgehead atoms. The quantitative estimate of drug-likeness (QED) is 0.160. The molecule has 46 heavy (non-hydrogen) atoms. The smallest absolute Gasteiger partial charge is 0.252 e. The minimum Gasteiger partial charge on any atom is -0.359 e. The minimum atomic E-state index is -1.51. The highest BCUT2D eigenvalue weighted by molar-refractivity contribution is 7.79. The van der Waals surface area contributed by atoms with Crippen LogP contribution in [0.4, 0.5) is 11.7 Å². The Morgan fingerprint density at radius 3 is 1.24 bits per heavy atom. The van der Waals surface area contributed by atoms with Crippen LogP contribution in [0, 0.1) is 96.9 Å². The van der Waals surface area contributed by atoms with Crippen LogP contribution in [-0.4, -0.2) is 18.7 Å². The molecule has 4 aromatic rings. The SMILES string of the molecule is Cc1noc(NOS(=O)Cc2c(C)c(C)c(C)c(C)c2C)c1C.Cc1onc(NOS(=O)Cc2c(C)c(C)c(C)c(C)c2C)c1C. The summed E-state index contributed by atoms with van der Waals surface area (Å²) in [7, 11) is 0. The molecule has 2 unspecified atom stereocenters. The molecule has 2 heterocycles. The molecule has 0 saturated heterocycles. The topological polar surface area (TPSA) is 129 Å². The van der Waals surface area contributed by atoms with Gasteiger partial charge in [0.1, 0.15) is 5.76 Å². The first kappa shape index (κ1) is 37.1. The minimum absolute atomic E-state index is 0.332. The van der Waals surface area contributed by atoms with Gasteiger partial charge in [-0.2, -0.15) is 8.57 Å². The molecule has 0 aliphatic rings. The van der Waals surface area contributed by atoms with Gasteiger partial charge in [-0.1, -0.05) is 10.3 Å². The lowest BCUT2D eigenvalue weighted by Crippen LogP contribution is -2.11. The Labute approximate surface area is 278 Å². The first-order valence-corrected chi connectivity index (χ1v) is 17.6. The van der Waals surface area contributed by atoms with Gasteiger partial charge in [-0.3, -0.25) is 0 Å². The van der Waals surface area contributed by atoms with Crippen LogP contribution in [0.2, 0.25) is 0 Å². The number of nitrogens with one attached hydrogen (secondary N) is 2. The van der Waals surface area contributed by atoms with Gasteiger partial charge in [0.25, 0.3) is 5.88 Å². The summed E-state index contributed by atoms with van der Waals surface area (Å²) in [5.41, 5.74) is 22.1. The van der Waals surface area contributed by atoms with E-state index in [-0.39, 0.29) is 0 Å². The second-order valence-corrected chi connectivity index (χ2v) is 14.0. The van der Waals surface area contributed by atoms with Crippen molar-refractivity contribution < 1.29 is 26.0 Å². The first-order valence-electron chi connectivity index (χ1n) is 15.1. The van der Waals surface area contributed by atoms with Crippen LogP contribution in [-0.2, 0) is 42.2 Å². The highest BCUT2D eigenvalue weighted by Crippen LogP contribution is 2.29. The molecular weight excluding hydrogens is 625 g/mol.